The van der Waals surface area contributed by atoms with Crippen LogP contribution in [0.2, 0.25) is 5.02 Å². The molecule has 1 fully saturated rings. The lowest BCUT2D eigenvalue weighted by Gasteiger charge is -2.31. The number of rotatable bonds is 3. The Labute approximate surface area is 129 Å². The van der Waals surface area contributed by atoms with E-state index in [-0.39, 0.29) is 0 Å². The zero-order chi connectivity index (χ0) is 14.8. The van der Waals surface area contributed by atoms with E-state index in [0.29, 0.717) is 16.8 Å². The number of nitrogens with two attached hydrogens (primary N) is 1. The average molecular weight is 306 g/mol. The topological polar surface area (TPSA) is 70.8 Å². The highest BCUT2D eigenvalue weighted by atomic mass is 35.5. The van der Waals surface area contributed by atoms with Crippen molar-refractivity contribution in [3.05, 3.63) is 28.8 Å². The zero-order valence-corrected chi connectivity index (χ0v) is 12.9. The van der Waals surface area contributed by atoms with Crippen LogP contribution in [0.15, 0.2) is 18.2 Å². The summed E-state index contributed by atoms with van der Waals surface area (Å²) in [4.78, 5) is 6.79. The standard InChI is InChI=1S/C15H20ClN5/c1-10-4-5-12(13(16)7-10)14-18-15(20-19-14)21-6-2-3-11(8-17)9-21/h4-5,7,11H,2-3,6,8-9,17H2,1H3,(H,18,19,20). The first kappa shape index (κ1) is 14.4. The molecule has 1 aromatic heterocycles. The molecule has 3 N–H and O–H groups in total. The van der Waals surface area contributed by atoms with Crippen molar-refractivity contribution in [1.82, 2.24) is 15.2 Å². The number of nitrogens with zero attached hydrogens (tertiary/aromatic N) is 3. The fourth-order valence-electron chi connectivity index (χ4n) is 2.77. The summed E-state index contributed by atoms with van der Waals surface area (Å²) in [6.45, 7) is 4.64. The average Bonchev–Trinajstić information content (AvgIpc) is 2.97. The molecular weight excluding hydrogens is 286 g/mol. The Morgan fingerprint density at radius 1 is 1.48 bits per heavy atom. The first-order valence-corrected chi connectivity index (χ1v) is 7.69. The lowest BCUT2D eigenvalue weighted by molar-refractivity contribution is 0.420. The van der Waals surface area contributed by atoms with Crippen LogP contribution in [0, 0.1) is 12.8 Å². The Balaban J connectivity index is 1.83. The van der Waals surface area contributed by atoms with Crippen LogP contribution >= 0.6 is 11.6 Å². The van der Waals surface area contributed by atoms with E-state index >= 15 is 0 Å². The smallest absolute Gasteiger partial charge is 0.245 e. The first-order valence-electron chi connectivity index (χ1n) is 7.31. The monoisotopic (exact) mass is 305 g/mol. The number of anilines is 1. The van der Waals surface area contributed by atoms with Gasteiger partial charge < -0.3 is 10.6 Å². The van der Waals surface area contributed by atoms with Gasteiger partial charge in [0.2, 0.25) is 5.95 Å². The van der Waals surface area contributed by atoms with Crippen molar-refractivity contribution in [2.24, 2.45) is 11.7 Å². The molecule has 112 valence electrons. The second-order valence-corrected chi connectivity index (χ2v) is 6.06. The summed E-state index contributed by atoms with van der Waals surface area (Å²) in [6, 6.07) is 5.93. The molecule has 1 aromatic carbocycles. The van der Waals surface area contributed by atoms with Gasteiger partial charge in [-0.2, -0.15) is 4.98 Å². The number of aromatic nitrogens is 3. The van der Waals surface area contributed by atoms with E-state index in [1.807, 2.05) is 25.1 Å². The molecule has 6 heteroatoms. The molecule has 1 atom stereocenters. The Morgan fingerprint density at radius 3 is 3.10 bits per heavy atom. The number of hydrogen-bond donors (Lipinski definition) is 2. The van der Waals surface area contributed by atoms with Crippen LogP contribution in [0.5, 0.6) is 0 Å². The maximum Gasteiger partial charge on any atom is 0.245 e. The normalized spacial score (nSPS) is 19.0. The minimum absolute atomic E-state index is 0.531. The number of piperidine rings is 1. The van der Waals surface area contributed by atoms with Crippen LogP contribution in [-0.2, 0) is 0 Å². The van der Waals surface area contributed by atoms with Gasteiger partial charge in [-0.15, -0.1) is 5.10 Å². The van der Waals surface area contributed by atoms with Gasteiger partial charge in [0.05, 0.1) is 5.02 Å². The van der Waals surface area contributed by atoms with Gasteiger partial charge in [-0.25, -0.2) is 0 Å². The molecule has 0 radical (unpaired) electrons. The third-order valence-electron chi connectivity index (χ3n) is 3.99. The summed E-state index contributed by atoms with van der Waals surface area (Å²) >= 11 is 6.29. The number of nitrogens with one attached hydrogen (secondary N) is 1. The van der Waals surface area contributed by atoms with E-state index < -0.39 is 0 Å². The van der Waals surface area contributed by atoms with E-state index in [4.69, 9.17) is 17.3 Å². The van der Waals surface area contributed by atoms with Gasteiger partial charge in [0.15, 0.2) is 5.82 Å². The molecule has 1 unspecified atom stereocenters. The fourth-order valence-corrected chi connectivity index (χ4v) is 3.09. The van der Waals surface area contributed by atoms with Crippen molar-refractivity contribution < 1.29 is 0 Å². The van der Waals surface area contributed by atoms with Crippen molar-refractivity contribution >= 4 is 17.5 Å². The third-order valence-corrected chi connectivity index (χ3v) is 4.30. The van der Waals surface area contributed by atoms with Gasteiger partial charge in [0, 0.05) is 18.7 Å². The molecule has 0 saturated carbocycles. The van der Waals surface area contributed by atoms with Gasteiger partial charge >= 0.3 is 0 Å². The number of aromatic amines is 1. The Hall–Kier alpha value is -1.59. The summed E-state index contributed by atoms with van der Waals surface area (Å²) in [5.74, 6) is 1.98. The second-order valence-electron chi connectivity index (χ2n) is 5.66. The van der Waals surface area contributed by atoms with Gasteiger partial charge in [-0.05, 0) is 49.9 Å². The highest BCUT2D eigenvalue weighted by Gasteiger charge is 2.22. The third kappa shape index (κ3) is 3.04. The van der Waals surface area contributed by atoms with Crippen LogP contribution in [0.4, 0.5) is 5.95 Å². The lowest BCUT2D eigenvalue weighted by Crippen LogP contribution is -2.38. The van der Waals surface area contributed by atoms with Crippen LogP contribution < -0.4 is 10.6 Å². The summed E-state index contributed by atoms with van der Waals surface area (Å²) in [7, 11) is 0. The zero-order valence-electron chi connectivity index (χ0n) is 12.1. The molecule has 0 bridgehead atoms. The minimum Gasteiger partial charge on any atom is -0.339 e. The molecule has 2 aromatic rings. The van der Waals surface area contributed by atoms with Gasteiger partial charge in [-0.3, -0.25) is 5.10 Å². The maximum absolute atomic E-state index is 6.29. The molecule has 2 heterocycles. The number of hydrogen-bond acceptors (Lipinski definition) is 4. The summed E-state index contributed by atoms with van der Waals surface area (Å²) < 4.78 is 0. The van der Waals surface area contributed by atoms with Crippen LogP contribution in [0.3, 0.4) is 0 Å². The molecule has 0 aliphatic carbocycles. The quantitative estimate of drug-likeness (QED) is 0.914. The highest BCUT2D eigenvalue weighted by molar-refractivity contribution is 6.33. The molecule has 3 rings (SSSR count). The molecule has 21 heavy (non-hydrogen) atoms. The van der Waals surface area contributed by atoms with E-state index in [2.05, 4.69) is 20.1 Å². The van der Waals surface area contributed by atoms with Crippen molar-refractivity contribution in [3.63, 3.8) is 0 Å². The predicted molar refractivity (Wildman–Crippen MR) is 85.6 cm³/mol. The van der Waals surface area contributed by atoms with Crippen molar-refractivity contribution in [3.8, 4) is 11.4 Å². The van der Waals surface area contributed by atoms with E-state index in [0.717, 1.165) is 43.1 Å². The van der Waals surface area contributed by atoms with E-state index in [1.165, 1.54) is 6.42 Å². The molecule has 1 aliphatic rings. The van der Waals surface area contributed by atoms with Crippen molar-refractivity contribution in [1.29, 1.82) is 0 Å². The number of H-pyrrole nitrogens is 1. The number of benzene rings is 1. The SMILES string of the molecule is Cc1ccc(-c2nc(N3CCCC(CN)C3)n[nH]2)c(Cl)c1. The summed E-state index contributed by atoms with van der Waals surface area (Å²) in [5.41, 5.74) is 7.79. The second kappa shape index (κ2) is 6.03. The Morgan fingerprint density at radius 2 is 2.33 bits per heavy atom. The van der Waals surface area contributed by atoms with Gasteiger partial charge in [-0.1, -0.05) is 17.7 Å². The van der Waals surface area contributed by atoms with Gasteiger partial charge in [0.1, 0.15) is 0 Å². The maximum atomic E-state index is 6.29. The molecule has 0 spiro atoms. The largest absolute Gasteiger partial charge is 0.339 e. The molecule has 1 saturated heterocycles. The summed E-state index contributed by atoms with van der Waals surface area (Å²) in [6.07, 6.45) is 2.32. The van der Waals surface area contributed by atoms with Crippen molar-refractivity contribution in [2.75, 3.05) is 24.5 Å². The number of halogens is 1. The molecule has 0 amide bonds. The van der Waals surface area contributed by atoms with E-state index in [9.17, 15) is 0 Å². The summed E-state index contributed by atoms with van der Waals surface area (Å²) in [5, 5.41) is 8.02. The Kier molecular flexibility index (Phi) is 4.12. The lowest BCUT2D eigenvalue weighted by atomic mass is 9.99. The van der Waals surface area contributed by atoms with Crippen molar-refractivity contribution in [2.45, 2.75) is 19.8 Å². The van der Waals surface area contributed by atoms with Gasteiger partial charge in [0.25, 0.3) is 0 Å². The van der Waals surface area contributed by atoms with Crippen LogP contribution in [0.1, 0.15) is 18.4 Å². The number of aryl methyl sites for hydroxylation is 1. The van der Waals surface area contributed by atoms with E-state index in [1.54, 1.807) is 0 Å². The molecule has 1 aliphatic heterocycles. The molecule has 5 nitrogen and oxygen atoms in total. The fraction of sp³-hybridized carbons (Fsp3) is 0.467. The molecular formula is C15H20ClN5. The van der Waals surface area contributed by atoms with Crippen LogP contribution in [-0.4, -0.2) is 34.8 Å². The highest BCUT2D eigenvalue weighted by Crippen LogP contribution is 2.28. The first-order chi connectivity index (χ1) is 10.2. The minimum atomic E-state index is 0.531. The predicted octanol–water partition coefficient (Wildman–Crippen LogP) is 2.61. The Bertz CT molecular complexity index is 624. The van der Waals surface area contributed by atoms with Crippen LogP contribution in [0.25, 0.3) is 11.4 Å².